The number of nitrogens with one attached hydrogen (secondary N) is 1. The summed E-state index contributed by atoms with van der Waals surface area (Å²) in [6.45, 7) is 4.01. The molecule has 3 unspecified atom stereocenters. The summed E-state index contributed by atoms with van der Waals surface area (Å²) >= 11 is 0. The Balaban J connectivity index is 1.73. The van der Waals surface area contributed by atoms with E-state index in [4.69, 9.17) is 9.26 Å². The largest absolute Gasteiger partial charge is 0.368 e. The molecule has 0 amide bonds. The lowest BCUT2D eigenvalue weighted by Gasteiger charge is -2.19. The summed E-state index contributed by atoms with van der Waals surface area (Å²) in [7, 11) is 0. The highest BCUT2D eigenvalue weighted by Gasteiger charge is 2.32. The maximum absolute atomic E-state index is 5.64. The molecule has 2 saturated heterocycles. The number of piperidine rings is 1. The number of nitrogens with zero attached hydrogens (tertiary/aromatic N) is 2. The highest BCUT2D eigenvalue weighted by atomic mass is 16.5. The minimum absolute atomic E-state index is 0.000148. The van der Waals surface area contributed by atoms with E-state index in [9.17, 15) is 0 Å². The zero-order valence-electron chi connectivity index (χ0n) is 10.2. The Kier molecular flexibility index (Phi) is 3.11. The van der Waals surface area contributed by atoms with Crippen LogP contribution in [0.1, 0.15) is 56.5 Å². The van der Waals surface area contributed by atoms with Gasteiger partial charge in [0.15, 0.2) is 5.82 Å². The van der Waals surface area contributed by atoms with E-state index in [2.05, 4.69) is 22.4 Å². The average molecular weight is 237 g/mol. The monoisotopic (exact) mass is 237 g/mol. The van der Waals surface area contributed by atoms with Crippen LogP contribution in [-0.2, 0) is 4.74 Å². The first-order valence-electron chi connectivity index (χ1n) is 6.53. The fourth-order valence-corrected chi connectivity index (χ4v) is 2.59. The topological polar surface area (TPSA) is 60.2 Å². The summed E-state index contributed by atoms with van der Waals surface area (Å²) in [5.74, 6) is 1.92. The number of rotatable bonds is 2. The first kappa shape index (κ1) is 11.2. The SMILES string of the molecule is CC1CCOC1c1nc(C2CCCCN2)no1. The van der Waals surface area contributed by atoms with Gasteiger partial charge >= 0.3 is 0 Å². The summed E-state index contributed by atoms with van der Waals surface area (Å²) in [5.41, 5.74) is 0. The molecule has 3 heterocycles. The van der Waals surface area contributed by atoms with E-state index in [1.807, 2.05) is 0 Å². The third-order valence-corrected chi connectivity index (χ3v) is 3.71. The molecule has 0 spiro atoms. The maximum Gasteiger partial charge on any atom is 0.256 e. The van der Waals surface area contributed by atoms with E-state index in [-0.39, 0.29) is 12.1 Å². The Bertz CT molecular complexity index is 374. The van der Waals surface area contributed by atoms with Crippen molar-refractivity contribution in [1.29, 1.82) is 0 Å². The van der Waals surface area contributed by atoms with Gasteiger partial charge in [0.25, 0.3) is 5.89 Å². The van der Waals surface area contributed by atoms with Crippen molar-refractivity contribution < 1.29 is 9.26 Å². The van der Waals surface area contributed by atoms with Gasteiger partial charge in [-0.25, -0.2) is 0 Å². The fourth-order valence-electron chi connectivity index (χ4n) is 2.59. The van der Waals surface area contributed by atoms with Gasteiger partial charge in [-0.15, -0.1) is 0 Å². The average Bonchev–Trinajstić information content (AvgIpc) is 2.98. The molecule has 1 aromatic heterocycles. The first-order chi connectivity index (χ1) is 8.34. The van der Waals surface area contributed by atoms with Crippen molar-refractivity contribution in [3.05, 3.63) is 11.7 Å². The Hall–Kier alpha value is -0.940. The molecule has 5 nitrogen and oxygen atoms in total. The molecule has 1 aromatic rings. The molecule has 1 N–H and O–H groups in total. The second-order valence-electron chi connectivity index (χ2n) is 5.05. The first-order valence-corrected chi connectivity index (χ1v) is 6.53. The zero-order chi connectivity index (χ0) is 11.7. The maximum atomic E-state index is 5.64. The number of hydrogen-bond donors (Lipinski definition) is 1. The van der Waals surface area contributed by atoms with E-state index < -0.39 is 0 Å². The molecule has 0 saturated carbocycles. The molecule has 2 aliphatic rings. The molecule has 17 heavy (non-hydrogen) atoms. The van der Waals surface area contributed by atoms with Crippen molar-refractivity contribution in [2.24, 2.45) is 5.92 Å². The molecule has 0 radical (unpaired) electrons. The summed E-state index contributed by atoms with van der Waals surface area (Å²) < 4.78 is 11.0. The molecule has 0 aliphatic carbocycles. The minimum atomic E-state index is -0.000148. The molecule has 3 atom stereocenters. The van der Waals surface area contributed by atoms with Crippen molar-refractivity contribution in [2.45, 2.75) is 44.8 Å². The highest BCUT2D eigenvalue weighted by Crippen LogP contribution is 2.33. The Morgan fingerprint density at radius 1 is 1.29 bits per heavy atom. The van der Waals surface area contributed by atoms with Crippen molar-refractivity contribution in [3.63, 3.8) is 0 Å². The number of aromatic nitrogens is 2. The summed E-state index contributed by atoms with van der Waals surface area (Å²) in [6.07, 6.45) is 4.64. The Labute approximate surface area is 101 Å². The summed E-state index contributed by atoms with van der Waals surface area (Å²) in [5, 5.41) is 7.51. The van der Waals surface area contributed by atoms with Crippen LogP contribution in [-0.4, -0.2) is 23.3 Å². The van der Waals surface area contributed by atoms with E-state index in [1.165, 1.54) is 12.8 Å². The second kappa shape index (κ2) is 4.74. The van der Waals surface area contributed by atoms with Crippen LogP contribution in [0, 0.1) is 5.92 Å². The summed E-state index contributed by atoms with van der Waals surface area (Å²) in [4.78, 5) is 4.50. The highest BCUT2D eigenvalue weighted by molar-refractivity contribution is 4.99. The van der Waals surface area contributed by atoms with Gasteiger partial charge in [-0.2, -0.15) is 4.98 Å². The van der Waals surface area contributed by atoms with Gasteiger partial charge in [-0.3, -0.25) is 0 Å². The van der Waals surface area contributed by atoms with Gasteiger partial charge in [0, 0.05) is 6.61 Å². The van der Waals surface area contributed by atoms with Crippen LogP contribution < -0.4 is 5.32 Å². The van der Waals surface area contributed by atoms with E-state index in [1.54, 1.807) is 0 Å². The van der Waals surface area contributed by atoms with E-state index in [0.29, 0.717) is 11.8 Å². The van der Waals surface area contributed by atoms with Gasteiger partial charge in [0.1, 0.15) is 6.10 Å². The van der Waals surface area contributed by atoms with Gasteiger partial charge in [0.05, 0.1) is 6.04 Å². The van der Waals surface area contributed by atoms with Crippen LogP contribution in [0.25, 0.3) is 0 Å². The van der Waals surface area contributed by atoms with E-state index in [0.717, 1.165) is 31.8 Å². The molecule has 0 aromatic carbocycles. The van der Waals surface area contributed by atoms with Gasteiger partial charge in [-0.05, 0) is 31.7 Å². The van der Waals surface area contributed by atoms with Crippen LogP contribution in [0.2, 0.25) is 0 Å². The lowest BCUT2D eigenvalue weighted by Crippen LogP contribution is -2.27. The van der Waals surface area contributed by atoms with Crippen LogP contribution in [0.15, 0.2) is 4.52 Å². The van der Waals surface area contributed by atoms with E-state index >= 15 is 0 Å². The van der Waals surface area contributed by atoms with Crippen molar-refractivity contribution in [2.75, 3.05) is 13.2 Å². The molecule has 5 heteroatoms. The fraction of sp³-hybridized carbons (Fsp3) is 0.833. The van der Waals surface area contributed by atoms with Gasteiger partial charge < -0.3 is 14.6 Å². The van der Waals surface area contributed by atoms with Crippen LogP contribution >= 0.6 is 0 Å². The predicted molar refractivity (Wildman–Crippen MR) is 61.4 cm³/mol. The van der Waals surface area contributed by atoms with Crippen LogP contribution in [0.3, 0.4) is 0 Å². The van der Waals surface area contributed by atoms with Crippen LogP contribution in [0.5, 0.6) is 0 Å². The number of ether oxygens (including phenoxy) is 1. The lowest BCUT2D eigenvalue weighted by molar-refractivity contribution is 0.0661. The molecule has 94 valence electrons. The Morgan fingerprint density at radius 3 is 2.94 bits per heavy atom. The smallest absolute Gasteiger partial charge is 0.256 e. The molecule has 3 rings (SSSR count). The summed E-state index contributed by atoms with van der Waals surface area (Å²) in [6, 6.07) is 0.262. The van der Waals surface area contributed by atoms with Crippen molar-refractivity contribution in [3.8, 4) is 0 Å². The lowest BCUT2D eigenvalue weighted by atomic mass is 10.0. The Morgan fingerprint density at radius 2 is 2.24 bits per heavy atom. The van der Waals surface area contributed by atoms with Gasteiger partial charge in [0.2, 0.25) is 0 Å². The van der Waals surface area contributed by atoms with Gasteiger partial charge in [-0.1, -0.05) is 18.5 Å². The minimum Gasteiger partial charge on any atom is -0.368 e. The standard InChI is InChI=1S/C12H19N3O2/c1-8-5-7-16-10(8)12-14-11(15-17-12)9-4-2-3-6-13-9/h8-10,13H,2-7H2,1H3. The van der Waals surface area contributed by atoms with Crippen molar-refractivity contribution in [1.82, 2.24) is 15.5 Å². The molecule has 2 aliphatic heterocycles. The molecule has 0 bridgehead atoms. The van der Waals surface area contributed by atoms with Crippen LogP contribution in [0.4, 0.5) is 0 Å². The van der Waals surface area contributed by atoms with Crippen molar-refractivity contribution >= 4 is 0 Å². The molecular formula is C12H19N3O2. The zero-order valence-corrected chi connectivity index (χ0v) is 10.2. The third kappa shape index (κ3) is 2.21. The third-order valence-electron chi connectivity index (χ3n) is 3.71. The second-order valence-corrected chi connectivity index (χ2v) is 5.05. The number of hydrogen-bond acceptors (Lipinski definition) is 5. The normalized spacial score (nSPS) is 34.1. The molecular weight excluding hydrogens is 218 g/mol. The predicted octanol–water partition coefficient (Wildman–Crippen LogP) is 1.98. The quantitative estimate of drug-likeness (QED) is 0.852. The molecule has 2 fully saturated rings.